The van der Waals surface area contributed by atoms with Gasteiger partial charge in [0.2, 0.25) is 0 Å². The third-order valence-corrected chi connectivity index (χ3v) is 4.62. The molecule has 1 heterocycles. The Morgan fingerprint density at radius 3 is 2.76 bits per heavy atom. The summed E-state index contributed by atoms with van der Waals surface area (Å²) in [5.41, 5.74) is 2.74. The SMILES string of the molecule is C=CCOc1cccc([C@@H]2NC(=S)NC(C)=C2C(=O)Nc2cccc(OC)c2)c1. The predicted molar refractivity (Wildman–Crippen MR) is 118 cm³/mol. The molecule has 0 saturated carbocycles. The highest BCUT2D eigenvalue weighted by atomic mass is 32.1. The molecule has 3 N–H and O–H groups in total. The van der Waals surface area contributed by atoms with Gasteiger partial charge in [-0.25, -0.2) is 0 Å². The number of hydrogen-bond donors (Lipinski definition) is 3. The number of hydrogen-bond acceptors (Lipinski definition) is 4. The number of anilines is 1. The Hall–Kier alpha value is -3.32. The zero-order valence-corrected chi connectivity index (χ0v) is 17.1. The Morgan fingerprint density at radius 2 is 2.00 bits per heavy atom. The van der Waals surface area contributed by atoms with Gasteiger partial charge in [0.25, 0.3) is 5.91 Å². The van der Waals surface area contributed by atoms with E-state index in [0.29, 0.717) is 40.2 Å². The molecule has 0 spiro atoms. The number of benzene rings is 2. The first-order valence-corrected chi connectivity index (χ1v) is 9.50. The summed E-state index contributed by atoms with van der Waals surface area (Å²) >= 11 is 5.32. The minimum atomic E-state index is -0.415. The average molecular weight is 410 g/mol. The molecule has 7 heteroatoms. The first-order valence-electron chi connectivity index (χ1n) is 9.09. The molecule has 0 aromatic heterocycles. The highest BCUT2D eigenvalue weighted by molar-refractivity contribution is 7.80. The van der Waals surface area contributed by atoms with Crippen molar-refractivity contribution >= 4 is 28.9 Å². The number of ether oxygens (including phenoxy) is 2. The summed E-state index contributed by atoms with van der Waals surface area (Å²) in [5.74, 6) is 1.12. The van der Waals surface area contributed by atoms with Gasteiger partial charge in [-0.3, -0.25) is 4.79 Å². The largest absolute Gasteiger partial charge is 0.497 e. The molecule has 150 valence electrons. The maximum Gasteiger partial charge on any atom is 0.255 e. The zero-order chi connectivity index (χ0) is 20.8. The van der Waals surface area contributed by atoms with Crippen LogP contribution in [0.3, 0.4) is 0 Å². The lowest BCUT2D eigenvalue weighted by atomic mass is 9.94. The van der Waals surface area contributed by atoms with Gasteiger partial charge in [0.1, 0.15) is 18.1 Å². The van der Waals surface area contributed by atoms with Crippen molar-refractivity contribution in [1.82, 2.24) is 10.6 Å². The smallest absolute Gasteiger partial charge is 0.255 e. The maximum atomic E-state index is 13.1. The topological polar surface area (TPSA) is 71.6 Å². The van der Waals surface area contributed by atoms with Gasteiger partial charge in [-0.1, -0.05) is 30.9 Å². The van der Waals surface area contributed by atoms with Crippen LogP contribution in [-0.4, -0.2) is 24.7 Å². The minimum Gasteiger partial charge on any atom is -0.497 e. The summed E-state index contributed by atoms with van der Waals surface area (Å²) < 4.78 is 10.9. The third-order valence-electron chi connectivity index (χ3n) is 4.40. The van der Waals surface area contributed by atoms with Crippen LogP contribution in [0, 0.1) is 0 Å². The number of nitrogens with one attached hydrogen (secondary N) is 3. The normalized spacial score (nSPS) is 15.8. The molecule has 0 saturated heterocycles. The van der Waals surface area contributed by atoms with Crippen LogP contribution in [0.25, 0.3) is 0 Å². The molecule has 1 amide bonds. The van der Waals surface area contributed by atoms with Gasteiger partial charge in [0.15, 0.2) is 5.11 Å². The second-order valence-electron chi connectivity index (χ2n) is 6.43. The minimum absolute atomic E-state index is 0.235. The number of carbonyl (C=O) groups is 1. The summed E-state index contributed by atoms with van der Waals surface area (Å²) in [5, 5.41) is 9.62. The van der Waals surface area contributed by atoms with Crippen LogP contribution in [0.1, 0.15) is 18.5 Å². The van der Waals surface area contributed by atoms with E-state index in [9.17, 15) is 4.79 Å². The molecule has 0 fully saturated rings. The van der Waals surface area contributed by atoms with E-state index in [1.807, 2.05) is 49.4 Å². The molecule has 0 radical (unpaired) electrons. The van der Waals surface area contributed by atoms with E-state index in [2.05, 4.69) is 22.5 Å². The zero-order valence-electron chi connectivity index (χ0n) is 16.3. The van der Waals surface area contributed by atoms with E-state index in [0.717, 1.165) is 5.56 Å². The molecule has 1 aliphatic heterocycles. The highest BCUT2D eigenvalue weighted by Crippen LogP contribution is 2.30. The van der Waals surface area contributed by atoms with Gasteiger partial charge < -0.3 is 25.4 Å². The number of allylic oxidation sites excluding steroid dienone is 1. The van der Waals surface area contributed by atoms with Crippen molar-refractivity contribution < 1.29 is 14.3 Å². The van der Waals surface area contributed by atoms with E-state index in [1.165, 1.54) is 0 Å². The van der Waals surface area contributed by atoms with Crippen LogP contribution in [0.5, 0.6) is 11.5 Å². The van der Waals surface area contributed by atoms with Crippen LogP contribution < -0.4 is 25.4 Å². The summed E-state index contributed by atoms with van der Waals surface area (Å²) in [4.78, 5) is 13.1. The molecule has 2 aromatic carbocycles. The molecule has 3 rings (SSSR count). The van der Waals surface area contributed by atoms with Gasteiger partial charge >= 0.3 is 0 Å². The molecule has 0 unspecified atom stereocenters. The average Bonchev–Trinajstić information content (AvgIpc) is 2.72. The Morgan fingerprint density at radius 1 is 1.24 bits per heavy atom. The Balaban J connectivity index is 1.91. The number of thiocarbonyl (C=S) groups is 1. The summed E-state index contributed by atoms with van der Waals surface area (Å²) in [6.07, 6.45) is 1.68. The second-order valence-corrected chi connectivity index (χ2v) is 6.84. The van der Waals surface area contributed by atoms with Crippen molar-refractivity contribution in [3.05, 3.63) is 78.0 Å². The lowest BCUT2D eigenvalue weighted by molar-refractivity contribution is -0.113. The lowest BCUT2D eigenvalue weighted by Crippen LogP contribution is -2.45. The Kier molecular flexibility index (Phi) is 6.51. The monoisotopic (exact) mass is 409 g/mol. The lowest BCUT2D eigenvalue weighted by Gasteiger charge is -2.30. The standard InChI is InChI=1S/C22H23N3O3S/c1-4-11-28-18-10-5-7-15(12-18)20-19(14(2)23-22(29)25-20)21(26)24-16-8-6-9-17(13-16)27-3/h4-10,12-13,20H,1,11H2,2-3H3,(H,24,26)(H2,23,25,29)/t20-/m0/s1. The number of rotatable bonds is 7. The molecule has 2 aromatic rings. The second kappa shape index (κ2) is 9.25. The molecular formula is C22H23N3O3S. The van der Waals surface area contributed by atoms with Crippen molar-refractivity contribution in [1.29, 1.82) is 0 Å². The molecular weight excluding hydrogens is 386 g/mol. The van der Waals surface area contributed by atoms with E-state index in [1.54, 1.807) is 19.3 Å². The number of amides is 1. The molecule has 1 aliphatic rings. The fourth-order valence-electron chi connectivity index (χ4n) is 3.08. The first-order chi connectivity index (χ1) is 14.0. The van der Waals surface area contributed by atoms with Crippen LogP contribution in [0.2, 0.25) is 0 Å². The summed E-state index contributed by atoms with van der Waals surface area (Å²) in [6.45, 7) is 5.90. The Labute approximate surface area is 175 Å². The quantitative estimate of drug-likeness (QED) is 0.479. The van der Waals surface area contributed by atoms with Gasteiger partial charge in [0.05, 0.1) is 18.7 Å². The van der Waals surface area contributed by atoms with Crippen molar-refractivity contribution in [2.24, 2.45) is 0 Å². The van der Waals surface area contributed by atoms with Crippen molar-refractivity contribution in [2.75, 3.05) is 19.0 Å². The van der Waals surface area contributed by atoms with E-state index >= 15 is 0 Å². The highest BCUT2D eigenvalue weighted by Gasteiger charge is 2.30. The molecule has 6 nitrogen and oxygen atoms in total. The molecule has 0 bridgehead atoms. The first kappa shape index (κ1) is 20.4. The van der Waals surface area contributed by atoms with Crippen molar-refractivity contribution in [3.8, 4) is 11.5 Å². The van der Waals surface area contributed by atoms with Gasteiger partial charge in [-0.15, -0.1) is 0 Å². The van der Waals surface area contributed by atoms with E-state index in [-0.39, 0.29) is 5.91 Å². The van der Waals surface area contributed by atoms with Gasteiger partial charge in [-0.05, 0) is 49.0 Å². The summed E-state index contributed by atoms with van der Waals surface area (Å²) in [7, 11) is 1.58. The molecule has 0 aliphatic carbocycles. The van der Waals surface area contributed by atoms with Crippen LogP contribution >= 0.6 is 12.2 Å². The van der Waals surface area contributed by atoms with Gasteiger partial charge in [-0.2, -0.15) is 0 Å². The summed E-state index contributed by atoms with van der Waals surface area (Å²) in [6, 6.07) is 14.4. The number of carbonyl (C=O) groups excluding carboxylic acids is 1. The number of methoxy groups -OCH3 is 1. The Bertz CT molecular complexity index is 971. The third kappa shape index (κ3) is 4.94. The fraction of sp³-hybridized carbons (Fsp3) is 0.182. The van der Waals surface area contributed by atoms with Gasteiger partial charge in [0, 0.05) is 17.5 Å². The molecule has 1 atom stereocenters. The predicted octanol–water partition coefficient (Wildman–Crippen LogP) is 3.69. The molecule has 29 heavy (non-hydrogen) atoms. The van der Waals surface area contributed by atoms with E-state index in [4.69, 9.17) is 21.7 Å². The van der Waals surface area contributed by atoms with Crippen molar-refractivity contribution in [3.63, 3.8) is 0 Å². The maximum absolute atomic E-state index is 13.1. The van der Waals surface area contributed by atoms with Crippen LogP contribution in [0.4, 0.5) is 5.69 Å². The van der Waals surface area contributed by atoms with E-state index < -0.39 is 6.04 Å². The fourth-order valence-corrected chi connectivity index (χ4v) is 3.35. The van der Waals surface area contributed by atoms with Crippen molar-refractivity contribution in [2.45, 2.75) is 13.0 Å². The van der Waals surface area contributed by atoms with Crippen LogP contribution in [0.15, 0.2) is 72.5 Å². The van der Waals surface area contributed by atoms with Crippen LogP contribution in [-0.2, 0) is 4.79 Å².